The first kappa shape index (κ1) is 19.9. The molecule has 2 heterocycles. The van der Waals surface area contributed by atoms with Gasteiger partial charge < -0.3 is 10.6 Å². The molecule has 6 nitrogen and oxygen atoms in total. The van der Waals surface area contributed by atoms with Gasteiger partial charge in [0, 0.05) is 35.3 Å². The van der Waals surface area contributed by atoms with E-state index in [0.717, 1.165) is 10.9 Å². The molecule has 0 aliphatic rings. The molecule has 30 heavy (non-hydrogen) atoms. The SMILES string of the molecule is N#Cc1ccc(NCCNc2nc(-c3cc(Cl)ccc3Cl)nc3ccccc23)nc1. The van der Waals surface area contributed by atoms with Crippen molar-refractivity contribution in [2.75, 3.05) is 23.7 Å². The number of hydrogen-bond acceptors (Lipinski definition) is 6. The maximum atomic E-state index is 8.84. The van der Waals surface area contributed by atoms with Gasteiger partial charge in [0.1, 0.15) is 17.7 Å². The highest BCUT2D eigenvalue weighted by atomic mass is 35.5. The number of rotatable bonds is 6. The van der Waals surface area contributed by atoms with Gasteiger partial charge in [-0.3, -0.25) is 0 Å². The van der Waals surface area contributed by atoms with Crippen molar-refractivity contribution >= 4 is 45.7 Å². The van der Waals surface area contributed by atoms with E-state index in [4.69, 9.17) is 33.4 Å². The summed E-state index contributed by atoms with van der Waals surface area (Å²) >= 11 is 12.5. The van der Waals surface area contributed by atoms with Crippen LogP contribution in [0.5, 0.6) is 0 Å². The molecule has 2 N–H and O–H groups in total. The van der Waals surface area contributed by atoms with Gasteiger partial charge in [0.05, 0.1) is 16.1 Å². The topological polar surface area (TPSA) is 86.5 Å². The molecule has 148 valence electrons. The Hall–Kier alpha value is -3.40. The van der Waals surface area contributed by atoms with Gasteiger partial charge in [0.15, 0.2) is 5.82 Å². The number of aromatic nitrogens is 3. The molecule has 0 fully saturated rings. The highest BCUT2D eigenvalue weighted by Crippen LogP contribution is 2.31. The van der Waals surface area contributed by atoms with Crippen molar-refractivity contribution in [3.8, 4) is 17.5 Å². The summed E-state index contributed by atoms with van der Waals surface area (Å²) in [6.07, 6.45) is 1.54. The molecule has 0 unspecified atom stereocenters. The van der Waals surface area contributed by atoms with Crippen molar-refractivity contribution < 1.29 is 0 Å². The minimum Gasteiger partial charge on any atom is -0.368 e. The molecule has 0 saturated heterocycles. The van der Waals surface area contributed by atoms with Crippen molar-refractivity contribution in [3.05, 3.63) is 76.4 Å². The number of anilines is 2. The van der Waals surface area contributed by atoms with Crippen molar-refractivity contribution in [3.63, 3.8) is 0 Å². The predicted octanol–water partition coefficient (Wildman–Crippen LogP) is 5.39. The first-order chi connectivity index (χ1) is 14.6. The molecule has 4 aromatic rings. The Labute approximate surface area is 183 Å². The van der Waals surface area contributed by atoms with E-state index < -0.39 is 0 Å². The highest BCUT2D eigenvalue weighted by Gasteiger charge is 2.12. The Balaban J connectivity index is 1.55. The van der Waals surface area contributed by atoms with Crippen LogP contribution in [0.25, 0.3) is 22.3 Å². The number of nitrogens with one attached hydrogen (secondary N) is 2. The van der Waals surface area contributed by atoms with Crippen molar-refractivity contribution in [2.24, 2.45) is 0 Å². The average molecular weight is 435 g/mol. The maximum Gasteiger partial charge on any atom is 0.163 e. The minimum atomic E-state index is 0.505. The van der Waals surface area contributed by atoms with Crippen LogP contribution in [0.3, 0.4) is 0 Å². The second-order valence-electron chi connectivity index (χ2n) is 6.43. The van der Waals surface area contributed by atoms with Crippen LogP contribution in [0.2, 0.25) is 10.0 Å². The molecule has 0 aliphatic carbocycles. The third-order valence-electron chi connectivity index (χ3n) is 4.39. The summed E-state index contributed by atoms with van der Waals surface area (Å²) in [7, 11) is 0. The van der Waals surface area contributed by atoms with Gasteiger partial charge in [-0.2, -0.15) is 5.26 Å². The summed E-state index contributed by atoms with van der Waals surface area (Å²) in [5.41, 5.74) is 2.01. The number of nitriles is 1. The van der Waals surface area contributed by atoms with Gasteiger partial charge >= 0.3 is 0 Å². The van der Waals surface area contributed by atoms with Crippen LogP contribution in [0.15, 0.2) is 60.8 Å². The highest BCUT2D eigenvalue weighted by molar-refractivity contribution is 6.35. The van der Waals surface area contributed by atoms with E-state index in [1.54, 1.807) is 30.3 Å². The summed E-state index contributed by atoms with van der Waals surface area (Å²) in [6, 6.07) is 18.6. The molecule has 0 aliphatic heterocycles. The normalized spacial score (nSPS) is 10.6. The average Bonchev–Trinajstić information content (AvgIpc) is 2.78. The van der Waals surface area contributed by atoms with E-state index in [2.05, 4.69) is 26.7 Å². The number of fused-ring (bicyclic) bond motifs is 1. The second-order valence-corrected chi connectivity index (χ2v) is 7.28. The van der Waals surface area contributed by atoms with Crippen LogP contribution in [0.4, 0.5) is 11.6 Å². The zero-order valence-electron chi connectivity index (χ0n) is 15.7. The van der Waals surface area contributed by atoms with Crippen molar-refractivity contribution in [1.82, 2.24) is 15.0 Å². The Morgan fingerprint density at radius 2 is 1.77 bits per heavy atom. The van der Waals surface area contributed by atoms with Gasteiger partial charge in [0.25, 0.3) is 0 Å². The third-order valence-corrected chi connectivity index (χ3v) is 4.95. The summed E-state index contributed by atoms with van der Waals surface area (Å²) in [4.78, 5) is 13.6. The molecule has 0 saturated carbocycles. The third kappa shape index (κ3) is 4.43. The van der Waals surface area contributed by atoms with Crippen LogP contribution < -0.4 is 10.6 Å². The minimum absolute atomic E-state index is 0.505. The summed E-state index contributed by atoms with van der Waals surface area (Å²) in [5.74, 6) is 1.92. The van der Waals surface area contributed by atoms with Crippen molar-refractivity contribution in [1.29, 1.82) is 5.26 Å². The first-order valence-electron chi connectivity index (χ1n) is 9.20. The van der Waals surface area contributed by atoms with E-state index in [9.17, 15) is 0 Å². The first-order valence-corrected chi connectivity index (χ1v) is 9.96. The monoisotopic (exact) mass is 434 g/mol. The number of para-hydroxylation sites is 1. The lowest BCUT2D eigenvalue weighted by atomic mass is 10.2. The quantitative estimate of drug-likeness (QED) is 0.395. The molecule has 0 radical (unpaired) electrons. The van der Waals surface area contributed by atoms with Crippen LogP contribution >= 0.6 is 23.2 Å². The molecule has 4 rings (SSSR count). The van der Waals surface area contributed by atoms with Crippen LogP contribution in [-0.2, 0) is 0 Å². The van der Waals surface area contributed by atoms with E-state index in [-0.39, 0.29) is 0 Å². The lowest BCUT2D eigenvalue weighted by Crippen LogP contribution is -2.15. The lowest BCUT2D eigenvalue weighted by Gasteiger charge is -2.12. The number of halogens is 2. The molecular formula is C22H16Cl2N6. The van der Waals surface area contributed by atoms with E-state index in [0.29, 0.717) is 51.7 Å². The zero-order chi connectivity index (χ0) is 20.9. The van der Waals surface area contributed by atoms with E-state index in [1.807, 2.05) is 24.3 Å². The number of benzene rings is 2. The van der Waals surface area contributed by atoms with Crippen molar-refractivity contribution in [2.45, 2.75) is 0 Å². The molecule has 2 aromatic heterocycles. The molecule has 8 heteroatoms. The second kappa shape index (κ2) is 8.95. The van der Waals surface area contributed by atoms with Gasteiger partial charge in [-0.1, -0.05) is 35.3 Å². The number of nitrogens with zero attached hydrogens (tertiary/aromatic N) is 4. The Morgan fingerprint density at radius 1 is 0.933 bits per heavy atom. The zero-order valence-corrected chi connectivity index (χ0v) is 17.2. The molecule has 2 aromatic carbocycles. The molecule has 0 spiro atoms. The van der Waals surface area contributed by atoms with Crippen LogP contribution in [0, 0.1) is 11.3 Å². The fourth-order valence-corrected chi connectivity index (χ4v) is 3.31. The fourth-order valence-electron chi connectivity index (χ4n) is 2.94. The molecular weight excluding hydrogens is 419 g/mol. The summed E-state index contributed by atoms with van der Waals surface area (Å²) in [5, 5.41) is 17.4. The number of pyridine rings is 1. The van der Waals surface area contributed by atoms with Gasteiger partial charge in [-0.05, 0) is 42.5 Å². The van der Waals surface area contributed by atoms with Crippen LogP contribution in [-0.4, -0.2) is 28.0 Å². The fraction of sp³-hybridized carbons (Fsp3) is 0.0909. The Bertz CT molecular complexity index is 1230. The van der Waals surface area contributed by atoms with Gasteiger partial charge in [-0.25, -0.2) is 15.0 Å². The predicted molar refractivity (Wildman–Crippen MR) is 121 cm³/mol. The van der Waals surface area contributed by atoms with E-state index >= 15 is 0 Å². The molecule has 0 amide bonds. The van der Waals surface area contributed by atoms with Crippen LogP contribution in [0.1, 0.15) is 5.56 Å². The summed E-state index contributed by atoms with van der Waals surface area (Å²) in [6.45, 7) is 1.22. The largest absolute Gasteiger partial charge is 0.368 e. The Kier molecular flexibility index (Phi) is 5.94. The standard InChI is InChI=1S/C22H16Cl2N6/c23-15-6-7-18(24)17(11-15)22-29-19-4-2-1-3-16(19)21(30-22)27-10-9-26-20-8-5-14(12-25)13-28-20/h1-8,11,13H,9-10H2,(H,26,28)(H,27,29,30). The molecule has 0 bridgehead atoms. The number of hydrogen-bond donors (Lipinski definition) is 2. The smallest absolute Gasteiger partial charge is 0.163 e. The Morgan fingerprint density at radius 3 is 2.57 bits per heavy atom. The van der Waals surface area contributed by atoms with E-state index in [1.165, 1.54) is 6.20 Å². The summed E-state index contributed by atoms with van der Waals surface area (Å²) < 4.78 is 0. The molecule has 0 atom stereocenters. The maximum absolute atomic E-state index is 8.84. The van der Waals surface area contributed by atoms with Gasteiger partial charge in [0.2, 0.25) is 0 Å². The lowest BCUT2D eigenvalue weighted by molar-refractivity contribution is 1.04. The van der Waals surface area contributed by atoms with Gasteiger partial charge in [-0.15, -0.1) is 0 Å².